The van der Waals surface area contributed by atoms with Gasteiger partial charge in [-0.1, -0.05) is 35.3 Å². The highest BCUT2D eigenvalue weighted by atomic mass is 35.5. The lowest BCUT2D eigenvalue weighted by Crippen LogP contribution is -2.11. The molecule has 0 aliphatic heterocycles. The van der Waals surface area contributed by atoms with Crippen molar-refractivity contribution in [3.05, 3.63) is 82.2 Å². The van der Waals surface area contributed by atoms with Gasteiger partial charge in [0.1, 0.15) is 11.4 Å². The van der Waals surface area contributed by atoms with Gasteiger partial charge in [0.15, 0.2) is 0 Å². The van der Waals surface area contributed by atoms with Crippen LogP contribution in [0, 0.1) is 0 Å². The number of halogens is 2. The van der Waals surface area contributed by atoms with E-state index in [1.165, 1.54) is 0 Å². The molecule has 2 aromatic heterocycles. The number of methoxy groups -OCH3 is 1. The highest BCUT2D eigenvalue weighted by Crippen LogP contribution is 2.29. The first-order valence-electron chi connectivity index (χ1n) is 8.99. The van der Waals surface area contributed by atoms with Crippen LogP contribution in [0.2, 0.25) is 10.0 Å². The third-order valence-corrected chi connectivity index (χ3v) is 4.95. The molecule has 0 unspecified atom stereocenters. The molecule has 0 saturated heterocycles. The van der Waals surface area contributed by atoms with E-state index in [1.54, 1.807) is 48.5 Å². The summed E-state index contributed by atoms with van der Waals surface area (Å²) in [5, 5.41) is 15.0. The van der Waals surface area contributed by atoms with E-state index in [0.29, 0.717) is 39.2 Å². The van der Waals surface area contributed by atoms with E-state index < -0.39 is 0 Å². The number of benzene rings is 2. The number of carbonyl (C=O) groups is 1. The fraction of sp³-hybridized carbons (Fsp3) is 0.0952. The van der Waals surface area contributed by atoms with Crippen LogP contribution in [0.1, 0.15) is 16.1 Å². The van der Waals surface area contributed by atoms with E-state index in [0.717, 1.165) is 11.3 Å². The van der Waals surface area contributed by atoms with Crippen molar-refractivity contribution >= 4 is 34.8 Å². The fourth-order valence-electron chi connectivity index (χ4n) is 2.94. The summed E-state index contributed by atoms with van der Waals surface area (Å²) in [6, 6.07) is 14.5. The zero-order chi connectivity index (χ0) is 21.1. The van der Waals surface area contributed by atoms with Crippen molar-refractivity contribution in [2.75, 3.05) is 12.4 Å². The second-order valence-electron chi connectivity index (χ2n) is 6.52. The number of hydrogen-bond donors (Lipinski definition) is 2. The summed E-state index contributed by atoms with van der Waals surface area (Å²) >= 11 is 12.1. The largest absolute Gasteiger partial charge is 0.497 e. The zero-order valence-corrected chi connectivity index (χ0v) is 17.4. The van der Waals surface area contributed by atoms with Crippen LogP contribution in [0.3, 0.4) is 0 Å². The van der Waals surface area contributed by atoms with Gasteiger partial charge in [0.05, 0.1) is 36.3 Å². The summed E-state index contributed by atoms with van der Waals surface area (Å²) in [6.07, 6.45) is 3.34. The van der Waals surface area contributed by atoms with Crippen molar-refractivity contribution in [1.82, 2.24) is 20.0 Å². The van der Waals surface area contributed by atoms with Gasteiger partial charge in [-0.3, -0.25) is 14.6 Å². The smallest absolute Gasteiger partial charge is 0.273 e. The van der Waals surface area contributed by atoms with Crippen molar-refractivity contribution < 1.29 is 9.53 Å². The van der Waals surface area contributed by atoms with Gasteiger partial charge in [0, 0.05) is 16.8 Å². The van der Waals surface area contributed by atoms with Crippen molar-refractivity contribution in [3.63, 3.8) is 0 Å². The van der Waals surface area contributed by atoms with Crippen LogP contribution in [-0.4, -0.2) is 33.0 Å². The summed E-state index contributed by atoms with van der Waals surface area (Å²) in [7, 11) is 1.63. The highest BCUT2D eigenvalue weighted by molar-refractivity contribution is 6.36. The minimum Gasteiger partial charge on any atom is -0.497 e. The predicted molar refractivity (Wildman–Crippen MR) is 116 cm³/mol. The lowest BCUT2D eigenvalue weighted by molar-refractivity contribution is 0.102. The van der Waals surface area contributed by atoms with Gasteiger partial charge in [-0.15, -0.1) is 0 Å². The van der Waals surface area contributed by atoms with Crippen molar-refractivity contribution in [2.45, 2.75) is 6.54 Å². The van der Waals surface area contributed by atoms with Gasteiger partial charge in [-0.05, 0) is 42.0 Å². The number of aromatic amines is 1. The molecule has 30 heavy (non-hydrogen) atoms. The molecule has 1 amide bonds. The monoisotopic (exact) mass is 441 g/mol. The molecule has 0 spiro atoms. The van der Waals surface area contributed by atoms with Crippen LogP contribution >= 0.6 is 23.2 Å². The molecule has 2 N–H and O–H groups in total. The summed E-state index contributed by atoms with van der Waals surface area (Å²) in [6.45, 7) is 0.552. The second kappa shape index (κ2) is 8.61. The Morgan fingerprint density at radius 1 is 1.20 bits per heavy atom. The van der Waals surface area contributed by atoms with Crippen molar-refractivity contribution in [1.29, 1.82) is 0 Å². The van der Waals surface area contributed by atoms with Gasteiger partial charge < -0.3 is 10.1 Å². The van der Waals surface area contributed by atoms with Gasteiger partial charge in [-0.2, -0.15) is 10.2 Å². The maximum absolute atomic E-state index is 12.6. The Labute approximate surface area is 182 Å². The summed E-state index contributed by atoms with van der Waals surface area (Å²) in [5.74, 6) is 0.448. The maximum Gasteiger partial charge on any atom is 0.273 e. The number of rotatable bonds is 6. The molecule has 0 aliphatic carbocycles. The van der Waals surface area contributed by atoms with Crippen LogP contribution in [0.25, 0.3) is 11.3 Å². The number of nitrogens with one attached hydrogen (secondary N) is 2. The molecule has 2 heterocycles. The Morgan fingerprint density at radius 3 is 2.87 bits per heavy atom. The third kappa shape index (κ3) is 4.48. The maximum atomic E-state index is 12.6. The minimum absolute atomic E-state index is 0.302. The second-order valence-corrected chi connectivity index (χ2v) is 7.37. The number of ether oxygens (including phenoxy) is 1. The molecule has 7 nitrogen and oxygen atoms in total. The Kier molecular flexibility index (Phi) is 5.74. The van der Waals surface area contributed by atoms with Crippen LogP contribution in [0.4, 0.5) is 5.69 Å². The molecular formula is C21H17Cl2N5O2. The van der Waals surface area contributed by atoms with Crippen LogP contribution in [-0.2, 0) is 6.54 Å². The fourth-order valence-corrected chi connectivity index (χ4v) is 3.45. The molecule has 2 aromatic carbocycles. The average molecular weight is 442 g/mol. The number of anilines is 1. The number of amides is 1. The SMILES string of the molecule is COc1cccc(Cn2cc(NC(=O)c3cc(-c4ccc(Cl)cc4Cl)n[nH]3)cn2)c1. The Hall–Kier alpha value is -3.29. The lowest BCUT2D eigenvalue weighted by atomic mass is 10.1. The molecule has 4 aromatic rings. The molecule has 0 bridgehead atoms. The summed E-state index contributed by atoms with van der Waals surface area (Å²) < 4.78 is 6.97. The van der Waals surface area contributed by atoms with Gasteiger partial charge in [-0.25, -0.2) is 0 Å². The van der Waals surface area contributed by atoms with Crippen LogP contribution < -0.4 is 10.1 Å². The van der Waals surface area contributed by atoms with Crippen LogP contribution in [0.15, 0.2) is 60.9 Å². The molecule has 0 radical (unpaired) electrons. The Balaban J connectivity index is 1.44. The first kappa shape index (κ1) is 20.0. The number of hydrogen-bond acceptors (Lipinski definition) is 4. The molecule has 0 fully saturated rings. The quantitative estimate of drug-likeness (QED) is 0.445. The highest BCUT2D eigenvalue weighted by Gasteiger charge is 2.14. The zero-order valence-electron chi connectivity index (χ0n) is 15.9. The van der Waals surface area contributed by atoms with E-state index in [-0.39, 0.29) is 5.91 Å². The first-order valence-corrected chi connectivity index (χ1v) is 9.75. The van der Waals surface area contributed by atoms with Gasteiger partial charge in [0.25, 0.3) is 5.91 Å². The lowest BCUT2D eigenvalue weighted by Gasteiger charge is -2.04. The van der Waals surface area contributed by atoms with E-state index in [1.807, 2.05) is 24.3 Å². The Bertz CT molecular complexity index is 1200. The number of aromatic nitrogens is 4. The van der Waals surface area contributed by atoms with E-state index in [2.05, 4.69) is 20.6 Å². The number of H-pyrrole nitrogens is 1. The minimum atomic E-state index is -0.334. The van der Waals surface area contributed by atoms with E-state index in [4.69, 9.17) is 27.9 Å². The molecule has 0 saturated carbocycles. The molecule has 9 heteroatoms. The normalized spacial score (nSPS) is 10.8. The van der Waals surface area contributed by atoms with Gasteiger partial charge >= 0.3 is 0 Å². The summed E-state index contributed by atoms with van der Waals surface area (Å²) in [4.78, 5) is 12.6. The molecule has 4 rings (SSSR count). The molecule has 152 valence electrons. The molecular weight excluding hydrogens is 425 g/mol. The number of nitrogens with zero attached hydrogens (tertiary/aromatic N) is 3. The van der Waals surface area contributed by atoms with Crippen molar-refractivity contribution in [3.8, 4) is 17.0 Å². The van der Waals surface area contributed by atoms with E-state index >= 15 is 0 Å². The Morgan fingerprint density at radius 2 is 2.07 bits per heavy atom. The first-order chi connectivity index (χ1) is 14.5. The summed E-state index contributed by atoms with van der Waals surface area (Å²) in [5.41, 5.74) is 3.14. The van der Waals surface area contributed by atoms with E-state index in [9.17, 15) is 4.79 Å². The average Bonchev–Trinajstić information content (AvgIpc) is 3.38. The van der Waals surface area contributed by atoms with Crippen molar-refractivity contribution in [2.24, 2.45) is 0 Å². The third-order valence-electron chi connectivity index (χ3n) is 4.40. The topological polar surface area (TPSA) is 84.8 Å². The predicted octanol–water partition coefficient (Wildman–Crippen LogP) is 4.89. The van der Waals surface area contributed by atoms with Gasteiger partial charge in [0.2, 0.25) is 0 Å². The molecule has 0 atom stereocenters. The number of carbonyl (C=O) groups excluding carboxylic acids is 1. The molecule has 0 aliphatic rings. The standard InChI is InChI=1S/C21H17Cl2N5O2/c1-30-16-4-2-3-13(7-16)11-28-12-15(10-24-28)25-21(29)20-9-19(26-27-20)17-6-5-14(22)8-18(17)23/h2-10,12H,11H2,1H3,(H,25,29)(H,26,27). The van der Waals surface area contributed by atoms with Crippen LogP contribution in [0.5, 0.6) is 5.75 Å².